The van der Waals surface area contributed by atoms with E-state index in [4.69, 9.17) is 16.6 Å². The highest BCUT2D eigenvalue weighted by Gasteiger charge is 2.33. The van der Waals surface area contributed by atoms with E-state index in [-0.39, 0.29) is 11.9 Å². The van der Waals surface area contributed by atoms with Crippen LogP contribution < -0.4 is 4.90 Å². The number of carbonyl (C=O) groups is 1. The first-order valence-corrected chi connectivity index (χ1v) is 11.2. The molecule has 30 heavy (non-hydrogen) atoms. The molecule has 1 saturated heterocycles. The fourth-order valence-electron chi connectivity index (χ4n) is 3.83. The first-order chi connectivity index (χ1) is 14.4. The Kier molecular flexibility index (Phi) is 6.01. The minimum atomic E-state index is -0.0899. The summed E-state index contributed by atoms with van der Waals surface area (Å²) in [5.74, 6) is 0.718. The van der Waals surface area contributed by atoms with Crippen LogP contribution in [-0.4, -0.2) is 46.4 Å². The van der Waals surface area contributed by atoms with Gasteiger partial charge in [-0.15, -0.1) is 11.3 Å². The molecule has 3 aromatic rings. The fourth-order valence-corrected chi connectivity index (χ4v) is 4.63. The van der Waals surface area contributed by atoms with Crippen LogP contribution in [0, 0.1) is 6.92 Å². The average molecular weight is 442 g/mol. The molecule has 0 aliphatic carbocycles. The Morgan fingerprint density at radius 3 is 2.87 bits per heavy atom. The minimum absolute atomic E-state index is 0.0878. The third kappa shape index (κ3) is 4.32. The number of nitrogens with zero attached hydrogens (tertiary/aromatic N) is 5. The first kappa shape index (κ1) is 20.8. The summed E-state index contributed by atoms with van der Waals surface area (Å²) in [5.41, 5.74) is 3.57. The van der Waals surface area contributed by atoms with Gasteiger partial charge in [0.2, 0.25) is 11.9 Å². The molecule has 1 unspecified atom stereocenters. The van der Waals surface area contributed by atoms with E-state index in [0.717, 1.165) is 46.9 Å². The van der Waals surface area contributed by atoms with Crippen LogP contribution >= 0.6 is 22.9 Å². The number of thiazole rings is 1. The van der Waals surface area contributed by atoms with Gasteiger partial charge in [-0.1, -0.05) is 23.7 Å². The Balaban J connectivity index is 1.71. The Bertz CT molecular complexity index is 1070. The largest absolute Gasteiger partial charge is 0.347 e. The van der Waals surface area contributed by atoms with E-state index in [2.05, 4.69) is 9.97 Å². The molecule has 0 saturated carbocycles. The van der Waals surface area contributed by atoms with E-state index < -0.39 is 0 Å². The maximum absolute atomic E-state index is 13.1. The van der Waals surface area contributed by atoms with Crippen molar-refractivity contribution in [3.8, 4) is 11.1 Å². The van der Waals surface area contributed by atoms with Crippen molar-refractivity contribution in [1.29, 1.82) is 0 Å². The minimum Gasteiger partial charge on any atom is -0.347 e. The van der Waals surface area contributed by atoms with Gasteiger partial charge in [-0.25, -0.2) is 15.0 Å². The quantitative estimate of drug-likeness (QED) is 0.581. The highest BCUT2D eigenvalue weighted by atomic mass is 35.5. The highest BCUT2D eigenvalue weighted by molar-refractivity contribution is 7.09. The summed E-state index contributed by atoms with van der Waals surface area (Å²) in [6.07, 6.45) is 3.98. The normalized spacial score (nSPS) is 16.1. The molecular weight excluding hydrogens is 418 g/mol. The van der Waals surface area contributed by atoms with Crippen molar-refractivity contribution in [3.05, 3.63) is 57.3 Å². The van der Waals surface area contributed by atoms with Crippen molar-refractivity contribution >= 4 is 34.8 Å². The molecular formula is C22H24ClN5OS. The van der Waals surface area contributed by atoms with Gasteiger partial charge >= 0.3 is 0 Å². The van der Waals surface area contributed by atoms with Crippen LogP contribution in [0.5, 0.6) is 0 Å². The zero-order valence-electron chi connectivity index (χ0n) is 17.3. The van der Waals surface area contributed by atoms with Gasteiger partial charge in [0.1, 0.15) is 0 Å². The Labute approximate surface area is 185 Å². The van der Waals surface area contributed by atoms with Crippen LogP contribution in [0.3, 0.4) is 0 Å². The lowest BCUT2D eigenvalue weighted by atomic mass is 9.99. The first-order valence-electron chi connectivity index (χ1n) is 9.93. The Morgan fingerprint density at radius 2 is 2.17 bits per heavy atom. The van der Waals surface area contributed by atoms with Gasteiger partial charge in [0, 0.05) is 42.8 Å². The summed E-state index contributed by atoms with van der Waals surface area (Å²) in [5, 5.41) is 3.60. The van der Waals surface area contributed by atoms with E-state index in [1.807, 2.05) is 66.7 Å². The fraction of sp³-hybridized carbons (Fsp3) is 0.364. The lowest BCUT2D eigenvalue weighted by Gasteiger charge is -2.26. The number of aryl methyl sites for hydroxylation is 1. The van der Waals surface area contributed by atoms with Gasteiger partial charge < -0.3 is 9.80 Å². The smallest absolute Gasteiger partial charge is 0.229 e. The van der Waals surface area contributed by atoms with Gasteiger partial charge in [-0.2, -0.15) is 0 Å². The molecule has 8 heteroatoms. The zero-order chi connectivity index (χ0) is 21.3. The Hall–Kier alpha value is -2.51. The summed E-state index contributed by atoms with van der Waals surface area (Å²) in [7, 11) is 3.83. The van der Waals surface area contributed by atoms with Gasteiger partial charge in [-0.3, -0.25) is 4.79 Å². The molecule has 1 aliphatic rings. The number of likely N-dealkylation sites (tertiary alicyclic amines) is 1. The average Bonchev–Trinajstić information content (AvgIpc) is 3.36. The van der Waals surface area contributed by atoms with Crippen molar-refractivity contribution in [3.63, 3.8) is 0 Å². The summed E-state index contributed by atoms with van der Waals surface area (Å²) >= 11 is 7.81. The van der Waals surface area contributed by atoms with Crippen molar-refractivity contribution in [2.24, 2.45) is 0 Å². The van der Waals surface area contributed by atoms with Gasteiger partial charge in [-0.05, 0) is 37.5 Å². The van der Waals surface area contributed by atoms with Crippen molar-refractivity contribution < 1.29 is 4.79 Å². The van der Waals surface area contributed by atoms with Crippen LogP contribution in [0.25, 0.3) is 11.1 Å². The summed E-state index contributed by atoms with van der Waals surface area (Å²) in [6, 6.07) is 7.60. The van der Waals surface area contributed by atoms with Crippen molar-refractivity contribution in [1.82, 2.24) is 19.9 Å². The molecule has 1 fully saturated rings. The number of benzene rings is 1. The predicted octanol–water partition coefficient (Wildman–Crippen LogP) is 4.53. The lowest BCUT2D eigenvalue weighted by Crippen LogP contribution is -2.33. The summed E-state index contributed by atoms with van der Waals surface area (Å²) in [6.45, 7) is 2.68. The second-order valence-electron chi connectivity index (χ2n) is 7.65. The van der Waals surface area contributed by atoms with Crippen LogP contribution in [0.4, 0.5) is 5.95 Å². The number of halogens is 1. The molecule has 1 aliphatic heterocycles. The van der Waals surface area contributed by atoms with Crippen LogP contribution in [-0.2, 0) is 11.2 Å². The zero-order valence-corrected chi connectivity index (χ0v) is 18.9. The Morgan fingerprint density at radius 1 is 1.33 bits per heavy atom. The third-order valence-electron chi connectivity index (χ3n) is 5.23. The van der Waals surface area contributed by atoms with Gasteiger partial charge in [0.05, 0.1) is 28.9 Å². The number of aromatic nitrogens is 3. The maximum Gasteiger partial charge on any atom is 0.229 e. The van der Waals surface area contributed by atoms with E-state index >= 15 is 0 Å². The number of hydrogen-bond acceptors (Lipinski definition) is 6. The second-order valence-corrected chi connectivity index (χ2v) is 9.15. The standard InChI is InChI=1S/C22H24ClN5OS/c1-14-25-17(13-30-14)11-20(29)28-9-5-8-19(28)21-18(12-24-22(26-21)27(2)3)15-6-4-7-16(23)10-15/h4,6-7,10,12-13,19H,5,8-9,11H2,1-3H3. The maximum atomic E-state index is 13.1. The molecule has 2 aromatic heterocycles. The number of rotatable bonds is 5. The van der Waals surface area contributed by atoms with Crippen LogP contribution in [0.15, 0.2) is 35.8 Å². The summed E-state index contributed by atoms with van der Waals surface area (Å²) < 4.78 is 0. The summed E-state index contributed by atoms with van der Waals surface area (Å²) in [4.78, 5) is 30.8. The van der Waals surface area contributed by atoms with E-state index in [9.17, 15) is 4.79 Å². The molecule has 6 nitrogen and oxygen atoms in total. The molecule has 1 aromatic carbocycles. The van der Waals surface area contributed by atoms with Crippen LogP contribution in [0.2, 0.25) is 5.02 Å². The van der Waals surface area contributed by atoms with Gasteiger partial charge in [0.25, 0.3) is 0 Å². The second kappa shape index (κ2) is 8.70. The third-order valence-corrected chi connectivity index (χ3v) is 6.29. The van der Waals surface area contributed by atoms with E-state index in [1.54, 1.807) is 11.3 Å². The SMILES string of the molecule is Cc1nc(CC(=O)N2CCCC2c2nc(N(C)C)ncc2-c2cccc(Cl)c2)cs1. The molecule has 1 amide bonds. The van der Waals surface area contributed by atoms with Crippen molar-refractivity contribution in [2.75, 3.05) is 25.5 Å². The number of amides is 1. The number of hydrogen-bond donors (Lipinski definition) is 0. The lowest BCUT2D eigenvalue weighted by molar-refractivity contribution is -0.131. The van der Waals surface area contributed by atoms with Crippen molar-refractivity contribution in [2.45, 2.75) is 32.2 Å². The molecule has 3 heterocycles. The van der Waals surface area contributed by atoms with E-state index in [1.165, 1.54) is 0 Å². The number of anilines is 1. The van der Waals surface area contributed by atoms with Gasteiger partial charge in [0.15, 0.2) is 0 Å². The predicted molar refractivity (Wildman–Crippen MR) is 121 cm³/mol. The molecule has 0 spiro atoms. The van der Waals surface area contributed by atoms with E-state index in [0.29, 0.717) is 17.4 Å². The molecule has 4 rings (SSSR count). The monoisotopic (exact) mass is 441 g/mol. The molecule has 0 bridgehead atoms. The van der Waals surface area contributed by atoms with Crippen LogP contribution in [0.1, 0.15) is 35.3 Å². The molecule has 0 N–H and O–H groups in total. The topological polar surface area (TPSA) is 62.2 Å². The molecule has 0 radical (unpaired) electrons. The molecule has 1 atom stereocenters. The molecule has 156 valence electrons. The number of carbonyl (C=O) groups excluding carboxylic acids is 1. The highest BCUT2D eigenvalue weighted by Crippen LogP contribution is 2.38.